The molecular formula is C17H22N4O2. The Hall–Kier alpha value is -2.21. The maximum Gasteiger partial charge on any atom is 0.251 e. The van der Waals surface area contributed by atoms with Gasteiger partial charge in [0.1, 0.15) is 12.7 Å². The first-order chi connectivity index (χ1) is 11.2. The lowest BCUT2D eigenvalue weighted by molar-refractivity contribution is 0.0839. The quantitative estimate of drug-likeness (QED) is 0.849. The molecular weight excluding hydrogens is 292 g/mol. The maximum absolute atomic E-state index is 12.4. The molecule has 122 valence electrons. The van der Waals surface area contributed by atoms with Crippen LogP contribution in [-0.4, -0.2) is 38.4 Å². The normalized spacial score (nSPS) is 16.4. The lowest BCUT2D eigenvalue weighted by Crippen LogP contribution is -2.36. The second-order valence-electron chi connectivity index (χ2n) is 6.07. The van der Waals surface area contributed by atoms with E-state index in [9.17, 15) is 9.90 Å². The standard InChI is InChI=1S/C17H22N4O2/c22-16(13-5-1-2-6-13)9-19-17(23)15-8-4-3-7-14(15)10-21-12-18-11-20-21/h3-4,7-8,11-13,16,22H,1-2,5-6,9-10H2,(H,19,23)/t16-/m0/s1. The summed E-state index contributed by atoms with van der Waals surface area (Å²) < 4.78 is 1.68. The molecule has 1 atom stereocenters. The fraction of sp³-hybridized carbons (Fsp3) is 0.471. The van der Waals surface area contributed by atoms with Gasteiger partial charge in [0.25, 0.3) is 5.91 Å². The molecule has 6 nitrogen and oxygen atoms in total. The number of carbonyl (C=O) groups excluding carboxylic acids is 1. The van der Waals surface area contributed by atoms with E-state index in [-0.39, 0.29) is 5.91 Å². The van der Waals surface area contributed by atoms with Crippen molar-refractivity contribution in [3.63, 3.8) is 0 Å². The number of benzene rings is 1. The van der Waals surface area contributed by atoms with Crippen LogP contribution >= 0.6 is 0 Å². The molecule has 1 amide bonds. The Kier molecular flexibility index (Phi) is 5.02. The second-order valence-corrected chi connectivity index (χ2v) is 6.07. The molecule has 3 rings (SSSR count). The van der Waals surface area contributed by atoms with E-state index in [4.69, 9.17) is 0 Å². The molecule has 1 aliphatic rings. The summed E-state index contributed by atoms with van der Waals surface area (Å²) in [6.07, 6.45) is 7.11. The minimum Gasteiger partial charge on any atom is -0.391 e. The molecule has 2 N–H and O–H groups in total. The van der Waals surface area contributed by atoms with E-state index >= 15 is 0 Å². The number of aliphatic hydroxyl groups excluding tert-OH is 1. The van der Waals surface area contributed by atoms with E-state index in [2.05, 4.69) is 15.4 Å². The Morgan fingerprint density at radius 1 is 1.35 bits per heavy atom. The third-order valence-corrected chi connectivity index (χ3v) is 4.48. The minimum absolute atomic E-state index is 0.155. The molecule has 0 bridgehead atoms. The Balaban J connectivity index is 1.62. The maximum atomic E-state index is 12.4. The van der Waals surface area contributed by atoms with Crippen LogP contribution in [-0.2, 0) is 6.54 Å². The largest absolute Gasteiger partial charge is 0.391 e. The van der Waals surface area contributed by atoms with Crippen molar-refractivity contribution in [1.82, 2.24) is 20.1 Å². The van der Waals surface area contributed by atoms with E-state index in [1.54, 1.807) is 17.1 Å². The van der Waals surface area contributed by atoms with Gasteiger partial charge in [-0.1, -0.05) is 31.0 Å². The monoisotopic (exact) mass is 314 g/mol. The third kappa shape index (κ3) is 3.96. The summed E-state index contributed by atoms with van der Waals surface area (Å²) in [6, 6.07) is 7.44. The molecule has 0 unspecified atom stereocenters. The summed E-state index contributed by atoms with van der Waals surface area (Å²) in [7, 11) is 0. The van der Waals surface area contributed by atoms with Crippen molar-refractivity contribution in [3.05, 3.63) is 48.0 Å². The van der Waals surface area contributed by atoms with Crippen molar-refractivity contribution in [2.45, 2.75) is 38.3 Å². The molecule has 0 radical (unpaired) electrons. The van der Waals surface area contributed by atoms with Crippen LogP contribution in [0, 0.1) is 5.92 Å². The third-order valence-electron chi connectivity index (χ3n) is 4.48. The first-order valence-corrected chi connectivity index (χ1v) is 8.10. The van der Waals surface area contributed by atoms with Crippen LogP contribution in [0.15, 0.2) is 36.9 Å². The van der Waals surface area contributed by atoms with E-state index in [1.165, 1.54) is 19.2 Å². The van der Waals surface area contributed by atoms with Crippen LogP contribution in [0.2, 0.25) is 0 Å². The van der Waals surface area contributed by atoms with Crippen molar-refractivity contribution in [2.75, 3.05) is 6.54 Å². The van der Waals surface area contributed by atoms with Gasteiger partial charge in [0.2, 0.25) is 0 Å². The van der Waals surface area contributed by atoms with Gasteiger partial charge in [-0.3, -0.25) is 4.79 Å². The zero-order valence-electron chi connectivity index (χ0n) is 13.1. The van der Waals surface area contributed by atoms with Crippen molar-refractivity contribution in [1.29, 1.82) is 0 Å². The Labute approximate surface area is 135 Å². The summed E-state index contributed by atoms with van der Waals surface area (Å²) in [6.45, 7) is 0.802. The van der Waals surface area contributed by atoms with Crippen molar-refractivity contribution < 1.29 is 9.90 Å². The topological polar surface area (TPSA) is 80.0 Å². The number of hydrogen-bond acceptors (Lipinski definition) is 4. The highest BCUT2D eigenvalue weighted by molar-refractivity contribution is 5.95. The summed E-state index contributed by atoms with van der Waals surface area (Å²) in [5.41, 5.74) is 1.49. The van der Waals surface area contributed by atoms with Crippen molar-refractivity contribution >= 4 is 5.91 Å². The number of nitrogens with zero attached hydrogens (tertiary/aromatic N) is 3. The molecule has 0 spiro atoms. The number of rotatable bonds is 6. The average Bonchev–Trinajstić information content (AvgIpc) is 3.26. The molecule has 23 heavy (non-hydrogen) atoms. The van der Waals surface area contributed by atoms with Gasteiger partial charge in [0.15, 0.2) is 0 Å². The highest BCUT2D eigenvalue weighted by atomic mass is 16.3. The SMILES string of the molecule is O=C(NC[C@H](O)C1CCCC1)c1ccccc1Cn1cncn1. The van der Waals surface area contributed by atoms with Gasteiger partial charge in [-0.15, -0.1) is 0 Å². The van der Waals surface area contributed by atoms with Crippen LogP contribution in [0.5, 0.6) is 0 Å². The predicted molar refractivity (Wildman–Crippen MR) is 85.9 cm³/mol. The number of carbonyl (C=O) groups is 1. The van der Waals surface area contributed by atoms with E-state index in [1.807, 2.05) is 18.2 Å². The van der Waals surface area contributed by atoms with Gasteiger partial charge in [-0.25, -0.2) is 9.67 Å². The summed E-state index contributed by atoms with van der Waals surface area (Å²) >= 11 is 0. The number of hydrogen-bond donors (Lipinski definition) is 2. The number of amides is 1. The van der Waals surface area contributed by atoms with Crippen molar-refractivity contribution in [2.24, 2.45) is 5.92 Å². The minimum atomic E-state index is -0.455. The van der Waals surface area contributed by atoms with Crippen LogP contribution < -0.4 is 5.32 Å². The van der Waals surface area contributed by atoms with E-state index in [0.29, 0.717) is 24.6 Å². The van der Waals surface area contributed by atoms with Crippen molar-refractivity contribution in [3.8, 4) is 0 Å². The summed E-state index contributed by atoms with van der Waals surface area (Å²) in [4.78, 5) is 16.4. The van der Waals surface area contributed by atoms with Gasteiger partial charge in [-0.2, -0.15) is 5.10 Å². The summed E-state index contributed by atoms with van der Waals surface area (Å²) in [5.74, 6) is 0.165. The van der Waals surface area contributed by atoms with Gasteiger partial charge in [-0.05, 0) is 30.4 Å². The lowest BCUT2D eigenvalue weighted by atomic mass is 10.0. The molecule has 1 saturated carbocycles. The Morgan fingerprint density at radius 3 is 2.87 bits per heavy atom. The van der Waals surface area contributed by atoms with E-state index in [0.717, 1.165) is 18.4 Å². The zero-order chi connectivity index (χ0) is 16.1. The number of aliphatic hydroxyl groups is 1. The smallest absolute Gasteiger partial charge is 0.251 e. The van der Waals surface area contributed by atoms with Crippen LogP contribution in [0.4, 0.5) is 0 Å². The highest BCUT2D eigenvalue weighted by Crippen LogP contribution is 2.27. The number of aromatic nitrogens is 3. The Morgan fingerprint density at radius 2 is 2.13 bits per heavy atom. The highest BCUT2D eigenvalue weighted by Gasteiger charge is 2.23. The van der Waals surface area contributed by atoms with Crippen LogP contribution in [0.1, 0.15) is 41.6 Å². The number of nitrogens with one attached hydrogen (secondary N) is 1. The molecule has 1 fully saturated rings. The van der Waals surface area contributed by atoms with Gasteiger partial charge in [0, 0.05) is 12.1 Å². The Bertz CT molecular complexity index is 636. The molecule has 1 aromatic heterocycles. The van der Waals surface area contributed by atoms with E-state index < -0.39 is 6.10 Å². The predicted octanol–water partition coefficient (Wildman–Crippen LogP) is 1.61. The van der Waals surface area contributed by atoms with Crippen LogP contribution in [0.3, 0.4) is 0 Å². The van der Waals surface area contributed by atoms with Crippen LogP contribution in [0.25, 0.3) is 0 Å². The molecule has 1 aromatic carbocycles. The van der Waals surface area contributed by atoms with Gasteiger partial charge >= 0.3 is 0 Å². The molecule has 2 aromatic rings. The molecule has 0 saturated heterocycles. The molecule has 1 aliphatic carbocycles. The fourth-order valence-electron chi connectivity index (χ4n) is 3.17. The first kappa shape index (κ1) is 15.7. The molecule has 6 heteroatoms. The molecule has 0 aliphatic heterocycles. The molecule has 1 heterocycles. The average molecular weight is 314 g/mol. The first-order valence-electron chi connectivity index (χ1n) is 8.10. The summed E-state index contributed by atoms with van der Waals surface area (Å²) in [5, 5.41) is 17.1. The fourth-order valence-corrected chi connectivity index (χ4v) is 3.17. The lowest BCUT2D eigenvalue weighted by Gasteiger charge is -2.18. The second kappa shape index (κ2) is 7.37. The zero-order valence-corrected chi connectivity index (χ0v) is 13.1. The van der Waals surface area contributed by atoms with Gasteiger partial charge in [0.05, 0.1) is 12.6 Å². The van der Waals surface area contributed by atoms with Gasteiger partial charge < -0.3 is 10.4 Å².